The Balaban J connectivity index is 2.24. The first kappa shape index (κ1) is 9.48. The second-order valence-corrected chi connectivity index (χ2v) is 3.09. The van der Waals surface area contributed by atoms with Gasteiger partial charge in [0.15, 0.2) is 0 Å². The smallest absolute Gasteiger partial charge is 0.322 e. The van der Waals surface area contributed by atoms with E-state index in [1.807, 2.05) is 0 Å². The third kappa shape index (κ3) is 2.46. The van der Waals surface area contributed by atoms with Crippen molar-refractivity contribution in [3.8, 4) is 0 Å². The van der Waals surface area contributed by atoms with Crippen molar-refractivity contribution < 1.29 is 14.3 Å². The predicted octanol–water partition coefficient (Wildman–Crippen LogP) is -0.0867. The lowest BCUT2D eigenvalue weighted by atomic mass is 10.00. The third-order valence-corrected chi connectivity index (χ3v) is 2.12. The van der Waals surface area contributed by atoms with E-state index in [1.54, 1.807) is 0 Å². The van der Waals surface area contributed by atoms with Gasteiger partial charge < -0.3 is 15.2 Å². The van der Waals surface area contributed by atoms with Gasteiger partial charge in [-0.25, -0.2) is 0 Å². The minimum Gasteiger partial charge on any atom is -0.468 e. The van der Waals surface area contributed by atoms with E-state index in [4.69, 9.17) is 10.5 Å². The lowest BCUT2D eigenvalue weighted by Gasteiger charge is -2.12. The van der Waals surface area contributed by atoms with Gasteiger partial charge in [0.2, 0.25) is 0 Å². The Kier molecular flexibility index (Phi) is 3.49. The summed E-state index contributed by atoms with van der Waals surface area (Å²) >= 11 is 0. The molecule has 12 heavy (non-hydrogen) atoms. The van der Waals surface area contributed by atoms with Gasteiger partial charge in [0.05, 0.1) is 7.11 Å². The molecule has 1 heterocycles. The zero-order valence-electron chi connectivity index (χ0n) is 7.29. The lowest BCUT2D eigenvalue weighted by molar-refractivity contribution is -0.142. The molecular weight excluding hydrogens is 158 g/mol. The summed E-state index contributed by atoms with van der Waals surface area (Å²) in [6.07, 6.45) is 1.68. The predicted molar refractivity (Wildman–Crippen MR) is 43.5 cm³/mol. The molecule has 1 aliphatic rings. The zero-order valence-corrected chi connectivity index (χ0v) is 7.29. The van der Waals surface area contributed by atoms with Crippen LogP contribution in [0.4, 0.5) is 0 Å². The van der Waals surface area contributed by atoms with E-state index in [-0.39, 0.29) is 5.97 Å². The van der Waals surface area contributed by atoms with Crippen molar-refractivity contribution in [2.45, 2.75) is 18.9 Å². The van der Waals surface area contributed by atoms with Crippen LogP contribution in [0.25, 0.3) is 0 Å². The second kappa shape index (κ2) is 4.42. The van der Waals surface area contributed by atoms with Gasteiger partial charge in [-0.1, -0.05) is 0 Å². The Bertz CT molecular complexity index is 154. The number of rotatable bonds is 3. The summed E-state index contributed by atoms with van der Waals surface area (Å²) in [5.74, 6) is 0.0981. The number of nitrogens with two attached hydrogens (primary N) is 1. The Labute approximate surface area is 72.0 Å². The second-order valence-electron chi connectivity index (χ2n) is 3.09. The normalized spacial score (nSPS) is 25.3. The highest BCUT2D eigenvalue weighted by molar-refractivity contribution is 5.75. The standard InChI is InChI=1S/C8H15NO3/c1-11-8(10)7(9)4-6-2-3-12-5-6/h6-7H,2-5,9H2,1H3. The number of carbonyl (C=O) groups is 1. The Morgan fingerprint density at radius 1 is 1.83 bits per heavy atom. The summed E-state index contributed by atoms with van der Waals surface area (Å²) in [7, 11) is 1.35. The molecule has 2 atom stereocenters. The topological polar surface area (TPSA) is 61.5 Å². The van der Waals surface area contributed by atoms with Crippen LogP contribution in [0.2, 0.25) is 0 Å². The summed E-state index contributed by atoms with van der Waals surface area (Å²) in [6.45, 7) is 1.52. The number of hydrogen-bond donors (Lipinski definition) is 1. The highest BCUT2D eigenvalue weighted by atomic mass is 16.5. The molecule has 0 saturated carbocycles. The number of ether oxygens (including phenoxy) is 2. The molecule has 0 amide bonds. The monoisotopic (exact) mass is 173 g/mol. The largest absolute Gasteiger partial charge is 0.468 e. The van der Waals surface area contributed by atoms with E-state index >= 15 is 0 Å². The first-order chi connectivity index (χ1) is 5.74. The van der Waals surface area contributed by atoms with E-state index in [0.717, 1.165) is 19.6 Å². The molecule has 1 aliphatic heterocycles. The summed E-state index contributed by atoms with van der Waals surface area (Å²) in [5.41, 5.74) is 5.58. The van der Waals surface area contributed by atoms with Crippen molar-refractivity contribution in [2.24, 2.45) is 11.7 Å². The fraction of sp³-hybridized carbons (Fsp3) is 0.875. The van der Waals surface area contributed by atoms with E-state index in [9.17, 15) is 4.79 Å². The van der Waals surface area contributed by atoms with Crippen LogP contribution >= 0.6 is 0 Å². The first-order valence-electron chi connectivity index (χ1n) is 4.15. The van der Waals surface area contributed by atoms with Crippen molar-refractivity contribution in [1.29, 1.82) is 0 Å². The van der Waals surface area contributed by atoms with Crippen molar-refractivity contribution in [3.05, 3.63) is 0 Å². The number of esters is 1. The van der Waals surface area contributed by atoms with Crippen LogP contribution < -0.4 is 5.73 Å². The molecule has 0 bridgehead atoms. The van der Waals surface area contributed by atoms with Crippen molar-refractivity contribution in [3.63, 3.8) is 0 Å². The van der Waals surface area contributed by atoms with Crippen molar-refractivity contribution in [1.82, 2.24) is 0 Å². The molecule has 0 radical (unpaired) electrons. The van der Waals surface area contributed by atoms with Gasteiger partial charge in [-0.3, -0.25) is 4.79 Å². The molecule has 0 aromatic carbocycles. The van der Waals surface area contributed by atoms with E-state index in [2.05, 4.69) is 4.74 Å². The highest BCUT2D eigenvalue weighted by Crippen LogP contribution is 2.17. The van der Waals surface area contributed by atoms with Gasteiger partial charge in [-0.2, -0.15) is 0 Å². The Hall–Kier alpha value is -0.610. The van der Waals surface area contributed by atoms with Crippen LogP contribution in [-0.4, -0.2) is 32.3 Å². The molecule has 1 rings (SSSR count). The number of carbonyl (C=O) groups excluding carboxylic acids is 1. The third-order valence-electron chi connectivity index (χ3n) is 2.12. The molecule has 2 unspecified atom stereocenters. The highest BCUT2D eigenvalue weighted by Gasteiger charge is 2.22. The minimum atomic E-state index is -0.485. The number of hydrogen-bond acceptors (Lipinski definition) is 4. The molecule has 70 valence electrons. The molecule has 1 saturated heterocycles. The maximum Gasteiger partial charge on any atom is 0.322 e. The van der Waals surface area contributed by atoms with Gasteiger partial charge in [0.25, 0.3) is 0 Å². The van der Waals surface area contributed by atoms with E-state index in [0.29, 0.717) is 12.3 Å². The molecule has 4 heteroatoms. The quantitative estimate of drug-likeness (QED) is 0.606. The van der Waals surface area contributed by atoms with Crippen LogP contribution in [-0.2, 0) is 14.3 Å². The fourth-order valence-corrected chi connectivity index (χ4v) is 1.38. The summed E-state index contributed by atoms with van der Waals surface area (Å²) in [5, 5.41) is 0. The summed E-state index contributed by atoms with van der Waals surface area (Å²) < 4.78 is 9.68. The Morgan fingerprint density at radius 3 is 3.08 bits per heavy atom. The van der Waals surface area contributed by atoms with Crippen LogP contribution in [0, 0.1) is 5.92 Å². The molecule has 2 N–H and O–H groups in total. The summed E-state index contributed by atoms with van der Waals surface area (Å²) in [4.78, 5) is 10.9. The van der Waals surface area contributed by atoms with Gasteiger partial charge in [0.1, 0.15) is 6.04 Å². The van der Waals surface area contributed by atoms with Gasteiger partial charge in [0, 0.05) is 13.2 Å². The molecular formula is C8H15NO3. The SMILES string of the molecule is COC(=O)C(N)CC1CCOC1. The molecule has 0 aromatic heterocycles. The van der Waals surface area contributed by atoms with Gasteiger partial charge in [-0.05, 0) is 18.8 Å². The van der Waals surface area contributed by atoms with E-state index < -0.39 is 6.04 Å². The summed E-state index contributed by atoms with van der Waals surface area (Å²) in [6, 6.07) is -0.485. The Morgan fingerprint density at radius 2 is 2.58 bits per heavy atom. The molecule has 0 aliphatic carbocycles. The molecule has 4 nitrogen and oxygen atoms in total. The van der Waals surface area contributed by atoms with Crippen LogP contribution in [0.3, 0.4) is 0 Å². The average Bonchev–Trinajstić information content (AvgIpc) is 2.55. The molecule has 1 fully saturated rings. The first-order valence-corrected chi connectivity index (χ1v) is 4.15. The maximum atomic E-state index is 10.9. The average molecular weight is 173 g/mol. The van der Waals surface area contributed by atoms with Gasteiger partial charge in [-0.15, -0.1) is 0 Å². The van der Waals surface area contributed by atoms with Crippen molar-refractivity contribution in [2.75, 3.05) is 20.3 Å². The van der Waals surface area contributed by atoms with Gasteiger partial charge >= 0.3 is 5.97 Å². The fourth-order valence-electron chi connectivity index (χ4n) is 1.38. The van der Waals surface area contributed by atoms with E-state index in [1.165, 1.54) is 7.11 Å². The minimum absolute atomic E-state index is 0.332. The van der Waals surface area contributed by atoms with Crippen LogP contribution in [0.1, 0.15) is 12.8 Å². The van der Waals surface area contributed by atoms with Crippen molar-refractivity contribution >= 4 is 5.97 Å². The number of methoxy groups -OCH3 is 1. The molecule has 0 aromatic rings. The molecule has 0 spiro atoms. The van der Waals surface area contributed by atoms with Crippen LogP contribution in [0.15, 0.2) is 0 Å². The maximum absolute atomic E-state index is 10.9. The lowest BCUT2D eigenvalue weighted by Crippen LogP contribution is -2.33. The van der Waals surface area contributed by atoms with Crippen LogP contribution in [0.5, 0.6) is 0 Å². The zero-order chi connectivity index (χ0) is 8.97.